The summed E-state index contributed by atoms with van der Waals surface area (Å²) in [5.41, 5.74) is 1.38. The summed E-state index contributed by atoms with van der Waals surface area (Å²) in [6, 6.07) is 8.68. The molecule has 1 aromatic rings. The van der Waals surface area contributed by atoms with Crippen molar-refractivity contribution in [3.63, 3.8) is 0 Å². The molecule has 0 atom stereocenters. The molecule has 0 aromatic heterocycles. The van der Waals surface area contributed by atoms with E-state index in [4.69, 9.17) is 4.74 Å². The van der Waals surface area contributed by atoms with Gasteiger partial charge in [-0.25, -0.2) is 0 Å². The number of carbonyl (C=O) groups is 1. The Morgan fingerprint density at radius 3 is 2.32 bits per heavy atom. The SMILES string of the molecule is CC(=O)CCN1CCC(Oc2ccc(CN3CCCCC3)cc2)CC1. The molecular formula is C21H32N2O2. The van der Waals surface area contributed by atoms with Crippen LogP contribution in [0.15, 0.2) is 24.3 Å². The highest BCUT2D eigenvalue weighted by molar-refractivity contribution is 5.75. The third kappa shape index (κ3) is 6.12. The Morgan fingerprint density at radius 2 is 1.68 bits per heavy atom. The summed E-state index contributed by atoms with van der Waals surface area (Å²) in [5, 5.41) is 0. The number of piperidine rings is 2. The molecule has 1 aromatic carbocycles. The molecule has 2 aliphatic heterocycles. The molecule has 2 saturated heterocycles. The fourth-order valence-corrected chi connectivity index (χ4v) is 3.81. The lowest BCUT2D eigenvalue weighted by molar-refractivity contribution is -0.117. The summed E-state index contributed by atoms with van der Waals surface area (Å²) in [4.78, 5) is 16.0. The minimum atomic E-state index is 0.281. The van der Waals surface area contributed by atoms with Crippen molar-refractivity contribution in [1.82, 2.24) is 9.80 Å². The average Bonchev–Trinajstić information content (AvgIpc) is 2.64. The third-order valence-corrected chi connectivity index (χ3v) is 5.40. The van der Waals surface area contributed by atoms with E-state index in [1.54, 1.807) is 6.92 Å². The van der Waals surface area contributed by atoms with E-state index in [0.717, 1.165) is 44.8 Å². The predicted octanol–water partition coefficient (Wildman–Crippen LogP) is 3.49. The lowest BCUT2D eigenvalue weighted by Crippen LogP contribution is -2.39. The first-order valence-electron chi connectivity index (χ1n) is 9.89. The smallest absolute Gasteiger partial charge is 0.131 e. The Balaban J connectivity index is 1.40. The quantitative estimate of drug-likeness (QED) is 0.758. The molecule has 0 spiro atoms. The number of rotatable bonds is 7. The number of nitrogens with zero attached hydrogens (tertiary/aromatic N) is 2. The summed E-state index contributed by atoms with van der Waals surface area (Å²) in [6.45, 7) is 8.17. The number of benzene rings is 1. The summed E-state index contributed by atoms with van der Waals surface area (Å²) in [6.07, 6.45) is 7.14. The zero-order valence-electron chi connectivity index (χ0n) is 15.6. The monoisotopic (exact) mass is 344 g/mol. The van der Waals surface area contributed by atoms with Gasteiger partial charge in [0, 0.05) is 32.6 Å². The summed E-state index contributed by atoms with van der Waals surface area (Å²) in [5.74, 6) is 1.27. The molecule has 0 bridgehead atoms. The van der Waals surface area contributed by atoms with Gasteiger partial charge in [0.1, 0.15) is 17.6 Å². The van der Waals surface area contributed by atoms with Gasteiger partial charge in [-0.05, 0) is 63.4 Å². The van der Waals surface area contributed by atoms with Crippen LogP contribution >= 0.6 is 0 Å². The zero-order chi connectivity index (χ0) is 17.5. The highest BCUT2D eigenvalue weighted by Gasteiger charge is 2.20. The van der Waals surface area contributed by atoms with Crippen LogP contribution in [0.1, 0.15) is 51.0 Å². The predicted molar refractivity (Wildman–Crippen MR) is 101 cm³/mol. The summed E-state index contributed by atoms with van der Waals surface area (Å²) < 4.78 is 6.17. The van der Waals surface area contributed by atoms with Gasteiger partial charge >= 0.3 is 0 Å². The molecule has 0 amide bonds. The number of likely N-dealkylation sites (tertiary alicyclic amines) is 2. The van der Waals surface area contributed by atoms with Crippen LogP contribution < -0.4 is 4.74 Å². The molecule has 2 fully saturated rings. The number of ether oxygens (including phenoxy) is 1. The Kier molecular flexibility index (Phi) is 6.88. The molecule has 25 heavy (non-hydrogen) atoms. The number of hydrogen-bond donors (Lipinski definition) is 0. The first-order chi connectivity index (χ1) is 12.2. The van der Waals surface area contributed by atoms with Crippen LogP contribution in [0.5, 0.6) is 5.75 Å². The molecule has 0 unspecified atom stereocenters. The van der Waals surface area contributed by atoms with E-state index in [9.17, 15) is 4.79 Å². The van der Waals surface area contributed by atoms with Crippen LogP contribution in [0, 0.1) is 0 Å². The van der Waals surface area contributed by atoms with E-state index in [-0.39, 0.29) is 5.78 Å². The zero-order valence-corrected chi connectivity index (χ0v) is 15.6. The molecule has 3 rings (SSSR count). The molecule has 0 radical (unpaired) electrons. The maximum atomic E-state index is 11.1. The van der Waals surface area contributed by atoms with E-state index in [2.05, 4.69) is 34.1 Å². The summed E-state index contributed by atoms with van der Waals surface area (Å²) >= 11 is 0. The second kappa shape index (κ2) is 9.35. The Morgan fingerprint density at radius 1 is 1.00 bits per heavy atom. The Labute approximate surface area is 152 Å². The number of ketones is 1. The fourth-order valence-electron chi connectivity index (χ4n) is 3.81. The van der Waals surface area contributed by atoms with Gasteiger partial charge in [0.05, 0.1) is 0 Å². The van der Waals surface area contributed by atoms with Gasteiger partial charge in [-0.2, -0.15) is 0 Å². The maximum absolute atomic E-state index is 11.1. The second-order valence-corrected chi connectivity index (χ2v) is 7.59. The van der Waals surface area contributed by atoms with Crippen LogP contribution in [-0.4, -0.2) is 54.4 Å². The van der Waals surface area contributed by atoms with Crippen LogP contribution in [0.2, 0.25) is 0 Å². The number of carbonyl (C=O) groups excluding carboxylic acids is 1. The second-order valence-electron chi connectivity index (χ2n) is 7.59. The highest BCUT2D eigenvalue weighted by Crippen LogP contribution is 2.21. The topological polar surface area (TPSA) is 32.8 Å². The molecule has 0 saturated carbocycles. The van der Waals surface area contributed by atoms with Gasteiger partial charge in [-0.1, -0.05) is 18.6 Å². The van der Waals surface area contributed by atoms with Gasteiger partial charge in [-0.15, -0.1) is 0 Å². The van der Waals surface area contributed by atoms with Crippen molar-refractivity contribution in [2.24, 2.45) is 0 Å². The van der Waals surface area contributed by atoms with Crippen molar-refractivity contribution < 1.29 is 9.53 Å². The molecule has 0 aliphatic carbocycles. The van der Waals surface area contributed by atoms with E-state index in [1.165, 1.54) is 37.9 Å². The molecule has 138 valence electrons. The molecule has 2 aliphatic rings. The van der Waals surface area contributed by atoms with Crippen LogP contribution in [0.4, 0.5) is 0 Å². The van der Waals surface area contributed by atoms with E-state index >= 15 is 0 Å². The number of Topliss-reactive ketones (excluding diaryl/α,β-unsaturated/α-hetero) is 1. The van der Waals surface area contributed by atoms with E-state index in [1.807, 2.05) is 0 Å². The number of hydrogen-bond acceptors (Lipinski definition) is 4. The minimum absolute atomic E-state index is 0.281. The first kappa shape index (κ1) is 18.4. The van der Waals surface area contributed by atoms with Crippen LogP contribution in [0.3, 0.4) is 0 Å². The molecule has 0 N–H and O–H groups in total. The molecule has 4 heteroatoms. The van der Waals surface area contributed by atoms with Gasteiger partial charge in [-0.3, -0.25) is 9.69 Å². The fraction of sp³-hybridized carbons (Fsp3) is 0.667. The van der Waals surface area contributed by atoms with Crippen molar-refractivity contribution in [2.75, 3.05) is 32.7 Å². The standard InChI is InChI=1S/C21H32N2O2/c1-18(24)9-14-22-15-10-21(11-16-22)25-20-7-5-19(6-8-20)17-23-12-3-2-4-13-23/h5-8,21H,2-4,9-17H2,1H3. The minimum Gasteiger partial charge on any atom is -0.490 e. The first-order valence-corrected chi connectivity index (χ1v) is 9.89. The van der Waals surface area contributed by atoms with Crippen LogP contribution in [0.25, 0.3) is 0 Å². The van der Waals surface area contributed by atoms with Crippen molar-refractivity contribution in [1.29, 1.82) is 0 Å². The normalized spacial score (nSPS) is 20.5. The Hall–Kier alpha value is -1.39. The van der Waals surface area contributed by atoms with E-state index < -0.39 is 0 Å². The highest BCUT2D eigenvalue weighted by atomic mass is 16.5. The maximum Gasteiger partial charge on any atom is 0.131 e. The third-order valence-electron chi connectivity index (χ3n) is 5.40. The van der Waals surface area contributed by atoms with Gasteiger partial charge < -0.3 is 9.64 Å². The lowest BCUT2D eigenvalue weighted by atomic mass is 10.1. The van der Waals surface area contributed by atoms with E-state index in [0.29, 0.717) is 12.5 Å². The van der Waals surface area contributed by atoms with Crippen molar-refractivity contribution in [2.45, 2.75) is 58.1 Å². The average molecular weight is 344 g/mol. The van der Waals surface area contributed by atoms with Gasteiger partial charge in [0.2, 0.25) is 0 Å². The largest absolute Gasteiger partial charge is 0.490 e. The molecule has 2 heterocycles. The molecular weight excluding hydrogens is 312 g/mol. The summed E-state index contributed by atoms with van der Waals surface area (Å²) in [7, 11) is 0. The molecule has 4 nitrogen and oxygen atoms in total. The van der Waals surface area contributed by atoms with Crippen molar-refractivity contribution in [3.05, 3.63) is 29.8 Å². The lowest BCUT2D eigenvalue weighted by Gasteiger charge is -2.32. The van der Waals surface area contributed by atoms with Gasteiger partial charge in [0.25, 0.3) is 0 Å². The Bertz CT molecular complexity index is 529. The van der Waals surface area contributed by atoms with Gasteiger partial charge in [0.15, 0.2) is 0 Å². The van der Waals surface area contributed by atoms with Crippen LogP contribution in [-0.2, 0) is 11.3 Å². The van der Waals surface area contributed by atoms with Crippen molar-refractivity contribution in [3.8, 4) is 5.75 Å². The van der Waals surface area contributed by atoms with Crippen molar-refractivity contribution >= 4 is 5.78 Å².